The fraction of sp³-hybridized carbons (Fsp3) is 0.650. The molecule has 1 atom stereocenters. The average Bonchev–Trinajstić information content (AvgIpc) is 3.05. The first-order chi connectivity index (χ1) is 12.6. The Kier molecular flexibility index (Phi) is 4.94. The number of aryl methyl sites for hydroxylation is 1. The predicted molar refractivity (Wildman–Crippen MR) is 102 cm³/mol. The monoisotopic (exact) mass is 355 g/mol. The second-order valence-electron chi connectivity index (χ2n) is 7.76. The zero-order valence-electron chi connectivity index (χ0n) is 15.9. The summed E-state index contributed by atoms with van der Waals surface area (Å²) in [7, 11) is 1.96. The summed E-state index contributed by atoms with van der Waals surface area (Å²) in [5, 5.41) is 5.89. The molecule has 1 unspecified atom stereocenters. The van der Waals surface area contributed by atoms with E-state index in [9.17, 15) is 4.79 Å². The molecule has 0 bridgehead atoms. The number of likely N-dealkylation sites (tertiary alicyclic amines) is 2. The van der Waals surface area contributed by atoms with Crippen molar-refractivity contribution < 1.29 is 4.79 Å². The topological polar surface area (TPSA) is 54.3 Å². The number of piperidine rings is 2. The number of aromatic nitrogens is 3. The molecule has 140 valence electrons. The molecule has 2 aliphatic rings. The van der Waals surface area contributed by atoms with Crippen molar-refractivity contribution in [2.45, 2.75) is 51.0 Å². The smallest absolute Gasteiger partial charge is 0.239 e. The third-order valence-electron chi connectivity index (χ3n) is 6.12. The van der Waals surface area contributed by atoms with E-state index in [0.717, 1.165) is 55.7 Å². The van der Waals surface area contributed by atoms with Crippen LogP contribution in [-0.2, 0) is 11.8 Å². The van der Waals surface area contributed by atoms with Crippen LogP contribution in [-0.4, -0.2) is 62.7 Å². The van der Waals surface area contributed by atoms with Crippen LogP contribution in [0.5, 0.6) is 0 Å². The molecule has 0 aromatic carbocycles. The first-order valence-corrected chi connectivity index (χ1v) is 9.95. The summed E-state index contributed by atoms with van der Waals surface area (Å²) in [6, 6.07) is 4.11. The van der Waals surface area contributed by atoms with E-state index in [1.165, 1.54) is 19.3 Å². The molecule has 26 heavy (non-hydrogen) atoms. The van der Waals surface area contributed by atoms with Gasteiger partial charge in [-0.3, -0.25) is 14.4 Å². The molecule has 0 N–H and O–H groups in total. The van der Waals surface area contributed by atoms with E-state index in [2.05, 4.69) is 27.8 Å². The van der Waals surface area contributed by atoms with Gasteiger partial charge in [-0.1, -0.05) is 6.42 Å². The number of carbonyl (C=O) groups is 1. The largest absolute Gasteiger partial charge is 0.341 e. The van der Waals surface area contributed by atoms with Crippen LogP contribution >= 0.6 is 0 Å². The molecule has 0 saturated carbocycles. The summed E-state index contributed by atoms with van der Waals surface area (Å²) in [5.74, 6) is 0.718. The first-order valence-electron chi connectivity index (χ1n) is 9.95. The lowest BCUT2D eigenvalue weighted by Crippen LogP contribution is -2.50. The Bertz CT molecular complexity index is 772. The molecule has 2 aromatic heterocycles. The molecule has 0 radical (unpaired) electrons. The molecular formula is C20H29N5O. The van der Waals surface area contributed by atoms with Crippen LogP contribution in [0.2, 0.25) is 0 Å². The fourth-order valence-electron chi connectivity index (χ4n) is 4.52. The molecule has 0 spiro atoms. The minimum absolute atomic E-state index is 0.0201. The Hall–Kier alpha value is -1.95. The predicted octanol–water partition coefficient (Wildman–Crippen LogP) is 2.55. The van der Waals surface area contributed by atoms with Gasteiger partial charge in [-0.15, -0.1) is 0 Å². The Morgan fingerprint density at radius 3 is 2.62 bits per heavy atom. The number of amides is 1. The fourth-order valence-corrected chi connectivity index (χ4v) is 4.52. The van der Waals surface area contributed by atoms with Gasteiger partial charge in [0.2, 0.25) is 5.91 Å². The van der Waals surface area contributed by atoms with Gasteiger partial charge in [-0.2, -0.15) is 5.10 Å². The van der Waals surface area contributed by atoms with Crippen molar-refractivity contribution in [3.8, 4) is 0 Å². The van der Waals surface area contributed by atoms with Crippen molar-refractivity contribution in [3.63, 3.8) is 0 Å². The van der Waals surface area contributed by atoms with Gasteiger partial charge in [0.15, 0.2) is 5.65 Å². The molecule has 6 nitrogen and oxygen atoms in total. The van der Waals surface area contributed by atoms with Gasteiger partial charge in [0.1, 0.15) is 0 Å². The van der Waals surface area contributed by atoms with Crippen LogP contribution in [0.1, 0.15) is 50.6 Å². The first kappa shape index (κ1) is 17.5. The average molecular weight is 355 g/mol. The van der Waals surface area contributed by atoms with Gasteiger partial charge in [-0.25, -0.2) is 4.98 Å². The SMILES string of the molecule is CC(C(=O)N1CCC(c2nn(C)c3ncccc23)CC1)N1CCCCC1. The molecule has 2 aromatic rings. The van der Waals surface area contributed by atoms with Crippen molar-refractivity contribution in [1.82, 2.24) is 24.6 Å². The van der Waals surface area contributed by atoms with Crippen molar-refractivity contribution in [3.05, 3.63) is 24.0 Å². The highest BCUT2D eigenvalue weighted by Crippen LogP contribution is 2.32. The van der Waals surface area contributed by atoms with Gasteiger partial charge >= 0.3 is 0 Å². The van der Waals surface area contributed by atoms with Crippen molar-refractivity contribution in [2.75, 3.05) is 26.2 Å². The summed E-state index contributed by atoms with van der Waals surface area (Å²) in [5.41, 5.74) is 2.09. The molecule has 2 fully saturated rings. The lowest BCUT2D eigenvalue weighted by molar-refractivity contribution is -0.137. The van der Waals surface area contributed by atoms with Crippen LogP contribution in [0.25, 0.3) is 11.0 Å². The van der Waals surface area contributed by atoms with Crippen LogP contribution in [0.3, 0.4) is 0 Å². The van der Waals surface area contributed by atoms with Gasteiger partial charge in [0, 0.05) is 37.6 Å². The summed E-state index contributed by atoms with van der Waals surface area (Å²) in [6.45, 7) is 5.88. The van der Waals surface area contributed by atoms with Crippen LogP contribution in [0, 0.1) is 0 Å². The minimum Gasteiger partial charge on any atom is -0.341 e. The van der Waals surface area contributed by atoms with E-state index < -0.39 is 0 Å². The van der Waals surface area contributed by atoms with Crippen molar-refractivity contribution in [2.24, 2.45) is 7.05 Å². The molecule has 4 rings (SSSR count). The standard InChI is InChI=1S/C20H29N5O/c1-15(24-11-4-3-5-12-24)20(26)25-13-8-16(9-14-25)18-17-7-6-10-21-19(17)23(2)22-18/h6-7,10,15-16H,3-5,8-9,11-14H2,1-2H3. The Morgan fingerprint density at radius 2 is 1.88 bits per heavy atom. The minimum atomic E-state index is 0.0201. The van der Waals surface area contributed by atoms with Crippen LogP contribution < -0.4 is 0 Å². The number of carbonyl (C=O) groups excluding carboxylic acids is 1. The molecule has 0 aliphatic carbocycles. The third-order valence-corrected chi connectivity index (χ3v) is 6.12. The van der Waals surface area contributed by atoms with Crippen molar-refractivity contribution >= 4 is 16.9 Å². The Morgan fingerprint density at radius 1 is 1.15 bits per heavy atom. The number of pyridine rings is 1. The third kappa shape index (κ3) is 3.22. The van der Waals surface area contributed by atoms with E-state index >= 15 is 0 Å². The van der Waals surface area contributed by atoms with Crippen LogP contribution in [0.4, 0.5) is 0 Å². The highest BCUT2D eigenvalue weighted by molar-refractivity contribution is 5.82. The summed E-state index contributed by atoms with van der Waals surface area (Å²) >= 11 is 0. The lowest BCUT2D eigenvalue weighted by atomic mass is 9.91. The zero-order valence-corrected chi connectivity index (χ0v) is 15.9. The molecular weight excluding hydrogens is 326 g/mol. The molecule has 2 saturated heterocycles. The van der Waals surface area contributed by atoms with E-state index in [0.29, 0.717) is 11.8 Å². The lowest BCUT2D eigenvalue weighted by Gasteiger charge is -2.37. The summed E-state index contributed by atoms with van der Waals surface area (Å²) in [4.78, 5) is 21.8. The number of hydrogen-bond donors (Lipinski definition) is 0. The van der Waals surface area contributed by atoms with Gasteiger partial charge in [0.25, 0.3) is 0 Å². The van der Waals surface area contributed by atoms with E-state index in [4.69, 9.17) is 5.10 Å². The zero-order chi connectivity index (χ0) is 18.1. The Balaban J connectivity index is 1.41. The van der Waals surface area contributed by atoms with E-state index in [1.807, 2.05) is 24.0 Å². The van der Waals surface area contributed by atoms with Gasteiger partial charge < -0.3 is 4.90 Å². The summed E-state index contributed by atoms with van der Waals surface area (Å²) < 4.78 is 1.88. The second kappa shape index (κ2) is 7.35. The highest BCUT2D eigenvalue weighted by atomic mass is 16.2. The van der Waals surface area contributed by atoms with E-state index in [1.54, 1.807) is 0 Å². The number of nitrogens with zero attached hydrogens (tertiary/aromatic N) is 5. The number of hydrogen-bond acceptors (Lipinski definition) is 4. The normalized spacial score (nSPS) is 21.2. The van der Waals surface area contributed by atoms with Crippen molar-refractivity contribution in [1.29, 1.82) is 0 Å². The highest BCUT2D eigenvalue weighted by Gasteiger charge is 2.31. The summed E-state index contributed by atoms with van der Waals surface area (Å²) in [6.07, 6.45) is 7.53. The molecule has 6 heteroatoms. The second-order valence-corrected chi connectivity index (χ2v) is 7.76. The molecule has 2 aliphatic heterocycles. The Labute approximate surface area is 155 Å². The molecule has 4 heterocycles. The maximum Gasteiger partial charge on any atom is 0.239 e. The quantitative estimate of drug-likeness (QED) is 0.849. The molecule has 1 amide bonds. The number of fused-ring (bicyclic) bond motifs is 1. The maximum absolute atomic E-state index is 12.9. The van der Waals surface area contributed by atoms with E-state index in [-0.39, 0.29) is 6.04 Å². The van der Waals surface area contributed by atoms with Gasteiger partial charge in [0.05, 0.1) is 11.7 Å². The maximum atomic E-state index is 12.9. The van der Waals surface area contributed by atoms with Crippen LogP contribution in [0.15, 0.2) is 18.3 Å². The number of rotatable bonds is 3. The van der Waals surface area contributed by atoms with Gasteiger partial charge in [-0.05, 0) is 57.8 Å².